The number of rotatable bonds is 3. The summed E-state index contributed by atoms with van der Waals surface area (Å²) in [4.78, 5) is 16.2. The van der Waals surface area contributed by atoms with Gasteiger partial charge in [-0.05, 0) is 36.4 Å². The number of nitrogens with one attached hydrogen (secondary N) is 1. The minimum atomic E-state index is -0.331. The van der Waals surface area contributed by atoms with Crippen LogP contribution in [0.15, 0.2) is 59.7 Å². The topological polar surface area (TPSA) is 54.4 Å². The van der Waals surface area contributed by atoms with E-state index in [0.29, 0.717) is 21.3 Å². The van der Waals surface area contributed by atoms with Gasteiger partial charge in [-0.2, -0.15) is 5.10 Å². The molecule has 6 heteroatoms. The second-order valence-electron chi connectivity index (χ2n) is 4.77. The number of aromatic nitrogens is 1. The van der Waals surface area contributed by atoms with Gasteiger partial charge in [0.05, 0.1) is 11.7 Å². The molecule has 114 valence electrons. The van der Waals surface area contributed by atoms with E-state index in [9.17, 15) is 4.79 Å². The average molecular weight is 344 g/mol. The third kappa shape index (κ3) is 3.67. The zero-order valence-electron chi connectivity index (χ0n) is 11.8. The van der Waals surface area contributed by atoms with E-state index in [0.717, 1.165) is 10.9 Å². The van der Waals surface area contributed by atoms with Crippen LogP contribution in [0.4, 0.5) is 0 Å². The van der Waals surface area contributed by atoms with E-state index in [2.05, 4.69) is 15.5 Å². The number of carbonyl (C=O) groups excluding carboxylic acids is 1. The molecule has 3 aromatic rings. The molecular formula is C17H11Cl2N3O. The van der Waals surface area contributed by atoms with Crippen molar-refractivity contribution in [3.05, 3.63) is 75.9 Å². The summed E-state index contributed by atoms with van der Waals surface area (Å²) in [6, 6.07) is 16.0. The van der Waals surface area contributed by atoms with Crippen molar-refractivity contribution in [3.8, 4) is 0 Å². The number of amides is 1. The zero-order chi connectivity index (χ0) is 16.2. The molecule has 0 saturated heterocycles. The van der Waals surface area contributed by atoms with Crippen LogP contribution in [0.2, 0.25) is 10.2 Å². The summed E-state index contributed by atoms with van der Waals surface area (Å²) in [6.07, 6.45) is 1.47. The number of hydrogen-bond acceptors (Lipinski definition) is 3. The van der Waals surface area contributed by atoms with Crippen molar-refractivity contribution in [2.24, 2.45) is 5.10 Å². The van der Waals surface area contributed by atoms with Crippen molar-refractivity contribution >= 4 is 46.2 Å². The Balaban J connectivity index is 1.76. The molecule has 4 nitrogen and oxygen atoms in total. The number of para-hydroxylation sites is 1. The lowest BCUT2D eigenvalue weighted by atomic mass is 10.2. The predicted molar refractivity (Wildman–Crippen MR) is 93.3 cm³/mol. The first-order valence-electron chi connectivity index (χ1n) is 6.78. The highest BCUT2D eigenvalue weighted by atomic mass is 35.5. The van der Waals surface area contributed by atoms with Crippen LogP contribution in [0.3, 0.4) is 0 Å². The number of halogens is 2. The zero-order valence-corrected chi connectivity index (χ0v) is 13.3. The van der Waals surface area contributed by atoms with Crippen molar-refractivity contribution in [2.75, 3.05) is 0 Å². The molecule has 1 amide bonds. The van der Waals surface area contributed by atoms with Gasteiger partial charge in [-0.15, -0.1) is 0 Å². The molecule has 1 N–H and O–H groups in total. The Kier molecular flexibility index (Phi) is 4.55. The molecule has 23 heavy (non-hydrogen) atoms. The highest BCUT2D eigenvalue weighted by Crippen LogP contribution is 2.18. The molecule has 0 bridgehead atoms. The summed E-state index contributed by atoms with van der Waals surface area (Å²) in [5.41, 5.74) is 4.34. The van der Waals surface area contributed by atoms with Gasteiger partial charge in [-0.3, -0.25) is 4.79 Å². The monoisotopic (exact) mass is 343 g/mol. The lowest BCUT2D eigenvalue weighted by Crippen LogP contribution is -2.17. The maximum absolute atomic E-state index is 11.9. The smallest absolute Gasteiger partial charge is 0.267 e. The van der Waals surface area contributed by atoms with Crippen LogP contribution < -0.4 is 5.43 Å². The van der Waals surface area contributed by atoms with Gasteiger partial charge in [0, 0.05) is 21.5 Å². The number of hydrogen-bond donors (Lipinski definition) is 1. The van der Waals surface area contributed by atoms with E-state index in [4.69, 9.17) is 23.2 Å². The molecule has 0 aliphatic rings. The largest absolute Gasteiger partial charge is 0.271 e. The number of hydrazone groups is 1. The molecule has 3 rings (SSSR count). The van der Waals surface area contributed by atoms with Crippen molar-refractivity contribution in [3.63, 3.8) is 0 Å². The fourth-order valence-corrected chi connectivity index (χ4v) is 2.35. The van der Waals surface area contributed by atoms with Crippen molar-refractivity contribution in [1.29, 1.82) is 0 Å². The van der Waals surface area contributed by atoms with E-state index in [1.165, 1.54) is 6.21 Å². The van der Waals surface area contributed by atoms with Crippen LogP contribution in [0.5, 0.6) is 0 Å². The normalized spacial score (nSPS) is 11.0. The molecule has 0 aliphatic carbocycles. The Bertz CT molecular complexity index is 892. The SMILES string of the molecule is O=C(NN=Cc1cc2ccccc2nc1Cl)c1ccc(Cl)cc1. The van der Waals surface area contributed by atoms with Crippen molar-refractivity contribution in [1.82, 2.24) is 10.4 Å². The van der Waals surface area contributed by atoms with Gasteiger partial charge in [0.25, 0.3) is 5.91 Å². The molecule has 2 aromatic carbocycles. The molecule has 0 unspecified atom stereocenters. The summed E-state index contributed by atoms with van der Waals surface area (Å²) < 4.78 is 0. The minimum Gasteiger partial charge on any atom is -0.267 e. The fraction of sp³-hybridized carbons (Fsp3) is 0. The molecule has 0 atom stereocenters. The molecule has 0 fully saturated rings. The third-order valence-electron chi connectivity index (χ3n) is 3.18. The minimum absolute atomic E-state index is 0.327. The van der Waals surface area contributed by atoms with Crippen molar-refractivity contribution < 1.29 is 4.79 Å². The van der Waals surface area contributed by atoms with Crippen LogP contribution in [-0.2, 0) is 0 Å². The lowest BCUT2D eigenvalue weighted by Gasteiger charge is -2.02. The van der Waals surface area contributed by atoms with Crippen LogP contribution in [0, 0.1) is 0 Å². The standard InChI is InChI=1S/C17H11Cl2N3O/c18-14-7-5-11(6-8-14)17(23)22-20-10-13-9-12-3-1-2-4-15(12)21-16(13)19/h1-10H,(H,22,23). The maximum atomic E-state index is 11.9. The van der Waals surface area contributed by atoms with Crippen LogP contribution in [0.1, 0.15) is 15.9 Å². The number of fused-ring (bicyclic) bond motifs is 1. The van der Waals surface area contributed by atoms with E-state index in [1.807, 2.05) is 30.3 Å². The van der Waals surface area contributed by atoms with Gasteiger partial charge in [-0.1, -0.05) is 41.4 Å². The van der Waals surface area contributed by atoms with Gasteiger partial charge >= 0.3 is 0 Å². The van der Waals surface area contributed by atoms with E-state index in [1.54, 1.807) is 24.3 Å². The first kappa shape index (κ1) is 15.5. The van der Waals surface area contributed by atoms with E-state index >= 15 is 0 Å². The average Bonchev–Trinajstić information content (AvgIpc) is 2.56. The number of benzene rings is 2. The first-order valence-corrected chi connectivity index (χ1v) is 7.53. The molecule has 0 radical (unpaired) electrons. The Morgan fingerprint density at radius 3 is 2.61 bits per heavy atom. The quantitative estimate of drug-likeness (QED) is 0.437. The molecule has 0 aliphatic heterocycles. The first-order chi connectivity index (χ1) is 11.1. The molecule has 0 spiro atoms. The van der Waals surface area contributed by atoms with Crippen LogP contribution >= 0.6 is 23.2 Å². The molecule has 0 saturated carbocycles. The number of nitrogens with zero attached hydrogens (tertiary/aromatic N) is 2. The van der Waals surface area contributed by atoms with Crippen LogP contribution in [0.25, 0.3) is 10.9 Å². The van der Waals surface area contributed by atoms with Gasteiger partial charge < -0.3 is 0 Å². The van der Waals surface area contributed by atoms with Crippen molar-refractivity contribution in [2.45, 2.75) is 0 Å². The Hall–Kier alpha value is -2.43. The molecule has 1 heterocycles. The Morgan fingerprint density at radius 1 is 1.09 bits per heavy atom. The van der Waals surface area contributed by atoms with E-state index < -0.39 is 0 Å². The maximum Gasteiger partial charge on any atom is 0.271 e. The Labute approximate surface area is 142 Å². The number of pyridine rings is 1. The predicted octanol–water partition coefficient (Wildman–Crippen LogP) is 4.31. The second kappa shape index (κ2) is 6.77. The summed E-state index contributed by atoms with van der Waals surface area (Å²) in [7, 11) is 0. The van der Waals surface area contributed by atoms with Gasteiger partial charge in [0.2, 0.25) is 0 Å². The highest BCUT2D eigenvalue weighted by Gasteiger charge is 2.05. The molecule has 1 aromatic heterocycles. The van der Waals surface area contributed by atoms with E-state index in [-0.39, 0.29) is 5.91 Å². The summed E-state index contributed by atoms with van der Waals surface area (Å²) in [6.45, 7) is 0. The number of carbonyl (C=O) groups is 1. The summed E-state index contributed by atoms with van der Waals surface area (Å²) in [5, 5.41) is 5.77. The fourth-order valence-electron chi connectivity index (χ4n) is 2.03. The third-order valence-corrected chi connectivity index (χ3v) is 3.74. The summed E-state index contributed by atoms with van der Waals surface area (Å²) in [5.74, 6) is -0.331. The van der Waals surface area contributed by atoms with Gasteiger partial charge in [-0.25, -0.2) is 10.4 Å². The molecular weight excluding hydrogens is 333 g/mol. The highest BCUT2D eigenvalue weighted by molar-refractivity contribution is 6.32. The Morgan fingerprint density at radius 2 is 1.83 bits per heavy atom. The second-order valence-corrected chi connectivity index (χ2v) is 5.56. The van der Waals surface area contributed by atoms with Gasteiger partial charge in [0.15, 0.2) is 0 Å². The van der Waals surface area contributed by atoms with Crippen LogP contribution in [-0.4, -0.2) is 17.1 Å². The van der Waals surface area contributed by atoms with Gasteiger partial charge in [0.1, 0.15) is 5.15 Å². The lowest BCUT2D eigenvalue weighted by molar-refractivity contribution is 0.0955. The summed E-state index contributed by atoms with van der Waals surface area (Å²) >= 11 is 11.9.